The summed E-state index contributed by atoms with van der Waals surface area (Å²) >= 11 is 11.5. The van der Waals surface area contributed by atoms with Crippen molar-refractivity contribution in [2.24, 2.45) is 0 Å². The summed E-state index contributed by atoms with van der Waals surface area (Å²) in [5, 5.41) is 10.1. The molecule has 0 bridgehead atoms. The van der Waals surface area contributed by atoms with Crippen LogP contribution < -0.4 is 5.32 Å². The molecule has 20 heavy (non-hydrogen) atoms. The van der Waals surface area contributed by atoms with Gasteiger partial charge in [0.2, 0.25) is 0 Å². The number of amides is 1. The zero-order valence-corrected chi connectivity index (χ0v) is 12.4. The predicted octanol–water partition coefficient (Wildman–Crippen LogP) is 2.78. The molecule has 5 nitrogen and oxygen atoms in total. The van der Waals surface area contributed by atoms with Crippen LogP contribution >= 0.6 is 23.2 Å². The molecule has 7 heteroatoms. The largest absolute Gasteiger partial charge is 0.352 e. The van der Waals surface area contributed by atoms with E-state index in [4.69, 9.17) is 23.2 Å². The summed E-state index contributed by atoms with van der Waals surface area (Å²) in [6, 6.07) is 1.51. The number of hydrogen-bond acceptors (Lipinski definition) is 3. The van der Waals surface area contributed by atoms with E-state index in [1.807, 2.05) is 6.92 Å². The second-order valence-electron chi connectivity index (χ2n) is 4.38. The van der Waals surface area contributed by atoms with Gasteiger partial charge in [0.1, 0.15) is 5.15 Å². The molecule has 0 atom stereocenters. The number of pyridine rings is 1. The van der Waals surface area contributed by atoms with Crippen LogP contribution in [-0.4, -0.2) is 27.6 Å². The summed E-state index contributed by atoms with van der Waals surface area (Å²) in [4.78, 5) is 15.7. The molecule has 0 unspecified atom stereocenters. The predicted molar refractivity (Wildman–Crippen MR) is 78.2 cm³/mol. The van der Waals surface area contributed by atoms with Crippen LogP contribution in [0, 0.1) is 6.92 Å². The summed E-state index contributed by atoms with van der Waals surface area (Å²) in [6.45, 7) is 2.55. The van der Waals surface area contributed by atoms with Crippen molar-refractivity contribution in [3.05, 3.63) is 45.5 Å². The number of hydrogen-bond donors (Lipinski definition) is 2. The molecule has 0 aliphatic carbocycles. The van der Waals surface area contributed by atoms with E-state index in [-0.39, 0.29) is 16.1 Å². The molecular weight excluding hydrogens is 299 g/mol. The van der Waals surface area contributed by atoms with Gasteiger partial charge in [0.05, 0.1) is 16.8 Å². The smallest absolute Gasteiger partial charge is 0.252 e. The highest BCUT2D eigenvalue weighted by atomic mass is 35.5. The van der Waals surface area contributed by atoms with E-state index in [0.29, 0.717) is 12.1 Å². The number of nitrogens with one attached hydrogen (secondary N) is 2. The summed E-state index contributed by atoms with van der Waals surface area (Å²) in [5.74, 6) is -0.208. The number of carbonyl (C=O) groups excluding carboxylic acids is 1. The summed E-state index contributed by atoms with van der Waals surface area (Å²) in [7, 11) is 0. The minimum Gasteiger partial charge on any atom is -0.352 e. The molecule has 0 saturated carbocycles. The summed E-state index contributed by atoms with van der Waals surface area (Å²) in [5.41, 5.74) is 2.62. The first kappa shape index (κ1) is 14.8. The van der Waals surface area contributed by atoms with Crippen LogP contribution in [-0.2, 0) is 6.42 Å². The molecule has 2 rings (SSSR count). The minimum atomic E-state index is -0.208. The number of aryl methyl sites for hydroxylation is 2. The summed E-state index contributed by atoms with van der Waals surface area (Å²) < 4.78 is 0. The monoisotopic (exact) mass is 312 g/mol. The van der Waals surface area contributed by atoms with Crippen molar-refractivity contribution in [2.75, 3.05) is 6.54 Å². The molecule has 2 heterocycles. The Kier molecular flexibility index (Phi) is 4.98. The van der Waals surface area contributed by atoms with Gasteiger partial charge in [-0.2, -0.15) is 5.10 Å². The molecule has 0 spiro atoms. The fourth-order valence-electron chi connectivity index (χ4n) is 1.76. The number of aromatic nitrogens is 3. The Hall–Kier alpha value is -1.59. The maximum atomic E-state index is 11.9. The van der Waals surface area contributed by atoms with Crippen molar-refractivity contribution < 1.29 is 4.79 Å². The van der Waals surface area contributed by atoms with Gasteiger partial charge < -0.3 is 5.32 Å². The van der Waals surface area contributed by atoms with Gasteiger partial charge >= 0.3 is 0 Å². The highest BCUT2D eigenvalue weighted by Crippen LogP contribution is 2.19. The highest BCUT2D eigenvalue weighted by molar-refractivity contribution is 6.41. The first-order chi connectivity index (χ1) is 9.58. The quantitative estimate of drug-likeness (QED) is 0.658. The number of nitrogens with zero attached hydrogens (tertiary/aromatic N) is 2. The Balaban J connectivity index is 1.80. The van der Waals surface area contributed by atoms with Crippen molar-refractivity contribution in [3.8, 4) is 0 Å². The van der Waals surface area contributed by atoms with Crippen LogP contribution in [0.15, 0.2) is 18.5 Å². The number of rotatable bonds is 5. The molecule has 0 radical (unpaired) electrons. The molecule has 1 amide bonds. The SMILES string of the molecule is Cc1[nH]ncc1CCCNC(=O)c1cnc(Cl)c(Cl)c1. The summed E-state index contributed by atoms with van der Waals surface area (Å²) in [6.07, 6.45) is 4.91. The van der Waals surface area contributed by atoms with Crippen LogP contribution in [0.2, 0.25) is 10.2 Å². The van der Waals surface area contributed by atoms with Crippen LogP contribution in [0.5, 0.6) is 0 Å². The fraction of sp³-hybridized carbons (Fsp3) is 0.308. The molecular formula is C13H14Cl2N4O. The highest BCUT2D eigenvalue weighted by Gasteiger charge is 2.08. The van der Waals surface area contributed by atoms with E-state index in [1.165, 1.54) is 12.3 Å². The third-order valence-electron chi connectivity index (χ3n) is 2.90. The first-order valence-corrected chi connectivity index (χ1v) is 6.91. The van der Waals surface area contributed by atoms with E-state index >= 15 is 0 Å². The molecule has 106 valence electrons. The van der Waals surface area contributed by atoms with E-state index in [0.717, 1.165) is 24.1 Å². The molecule has 0 saturated heterocycles. The lowest BCUT2D eigenvalue weighted by Crippen LogP contribution is -2.24. The fourth-order valence-corrected chi connectivity index (χ4v) is 2.03. The van der Waals surface area contributed by atoms with Crippen LogP contribution in [0.3, 0.4) is 0 Å². The lowest BCUT2D eigenvalue weighted by atomic mass is 10.1. The van der Waals surface area contributed by atoms with Crippen LogP contribution in [0.25, 0.3) is 0 Å². The zero-order valence-electron chi connectivity index (χ0n) is 10.9. The molecule has 0 aliphatic heterocycles. The molecule has 0 fully saturated rings. The Morgan fingerprint density at radius 3 is 2.85 bits per heavy atom. The standard InChI is InChI=1S/C13H14Cl2N4O/c1-8-9(7-18-19-8)3-2-4-16-13(20)10-5-11(14)12(15)17-6-10/h5-7H,2-4H2,1H3,(H,16,20)(H,18,19). The maximum absolute atomic E-state index is 11.9. The minimum absolute atomic E-state index is 0.193. The van der Waals surface area contributed by atoms with E-state index in [9.17, 15) is 4.79 Å². The van der Waals surface area contributed by atoms with Gasteiger partial charge in [-0.3, -0.25) is 9.89 Å². The number of aromatic amines is 1. The molecule has 2 aromatic rings. The van der Waals surface area contributed by atoms with Gasteiger partial charge in [0, 0.05) is 18.4 Å². The van der Waals surface area contributed by atoms with Gasteiger partial charge in [-0.25, -0.2) is 4.98 Å². The van der Waals surface area contributed by atoms with Gasteiger partial charge in [0.15, 0.2) is 0 Å². The molecule has 2 N–H and O–H groups in total. The van der Waals surface area contributed by atoms with Gasteiger partial charge in [-0.15, -0.1) is 0 Å². The van der Waals surface area contributed by atoms with Crippen LogP contribution in [0.4, 0.5) is 0 Å². The topological polar surface area (TPSA) is 70.7 Å². The lowest BCUT2D eigenvalue weighted by Gasteiger charge is -2.05. The van der Waals surface area contributed by atoms with Crippen molar-refractivity contribution in [1.29, 1.82) is 0 Å². The third-order valence-corrected chi connectivity index (χ3v) is 3.59. The van der Waals surface area contributed by atoms with Crippen molar-refractivity contribution >= 4 is 29.1 Å². The van der Waals surface area contributed by atoms with Gasteiger partial charge in [-0.05, 0) is 31.4 Å². The zero-order chi connectivity index (χ0) is 14.5. The lowest BCUT2D eigenvalue weighted by molar-refractivity contribution is 0.0953. The Labute approximate surface area is 126 Å². The Morgan fingerprint density at radius 2 is 2.20 bits per heavy atom. The van der Waals surface area contributed by atoms with E-state index in [1.54, 1.807) is 6.20 Å². The van der Waals surface area contributed by atoms with Crippen molar-refractivity contribution in [2.45, 2.75) is 19.8 Å². The van der Waals surface area contributed by atoms with E-state index in [2.05, 4.69) is 20.5 Å². The van der Waals surface area contributed by atoms with Gasteiger partial charge in [-0.1, -0.05) is 23.2 Å². The average Bonchev–Trinajstić information content (AvgIpc) is 2.83. The Bertz CT molecular complexity index is 612. The number of H-pyrrole nitrogens is 1. The van der Waals surface area contributed by atoms with Crippen molar-refractivity contribution in [1.82, 2.24) is 20.5 Å². The van der Waals surface area contributed by atoms with E-state index < -0.39 is 0 Å². The maximum Gasteiger partial charge on any atom is 0.252 e. The Morgan fingerprint density at radius 1 is 1.40 bits per heavy atom. The molecule has 0 aliphatic rings. The normalized spacial score (nSPS) is 10.6. The van der Waals surface area contributed by atoms with Crippen molar-refractivity contribution in [3.63, 3.8) is 0 Å². The average molecular weight is 313 g/mol. The molecule has 0 aromatic carbocycles. The number of halogens is 2. The molecule has 2 aromatic heterocycles. The van der Waals surface area contributed by atoms with Crippen LogP contribution in [0.1, 0.15) is 28.0 Å². The van der Waals surface area contributed by atoms with Gasteiger partial charge in [0.25, 0.3) is 5.91 Å². The second-order valence-corrected chi connectivity index (χ2v) is 5.14. The third kappa shape index (κ3) is 3.71. The second kappa shape index (κ2) is 6.72. The number of carbonyl (C=O) groups is 1. The first-order valence-electron chi connectivity index (χ1n) is 6.16.